The molecule has 13 heavy (non-hydrogen) atoms. The topological polar surface area (TPSA) is 95.5 Å². The fourth-order valence-corrected chi connectivity index (χ4v) is 1.50. The van der Waals surface area contributed by atoms with Crippen LogP contribution in [0, 0.1) is 0 Å². The van der Waals surface area contributed by atoms with E-state index in [0.29, 0.717) is 6.41 Å². The number of carbonyl (C=O) groups is 3. The molecule has 1 unspecified atom stereocenters. The number of hydrogen-bond acceptors (Lipinski definition) is 5. The Labute approximate surface area is 77.4 Å². The highest BCUT2D eigenvalue weighted by molar-refractivity contribution is 8.03. The number of nitrogens with one attached hydrogen (secondary N) is 2. The number of rotatable bonds is 4. The number of Topliss-reactive ketones (excluding diaryl/α,β-unsaturated/α-hetero) is 1. The molecule has 1 aliphatic rings. The van der Waals surface area contributed by atoms with Crippen molar-refractivity contribution in [3.8, 4) is 0 Å². The molecule has 1 atom stereocenters. The van der Waals surface area contributed by atoms with Crippen LogP contribution in [-0.4, -0.2) is 28.8 Å². The van der Waals surface area contributed by atoms with Gasteiger partial charge >= 0.3 is 5.97 Å². The summed E-state index contributed by atoms with van der Waals surface area (Å²) in [5.74, 6) is -2.53. The van der Waals surface area contributed by atoms with Crippen molar-refractivity contribution in [3.05, 3.63) is 11.1 Å². The second kappa shape index (κ2) is 3.94. The van der Waals surface area contributed by atoms with E-state index in [0.717, 1.165) is 11.8 Å². The minimum Gasteiger partial charge on any atom is -0.475 e. The van der Waals surface area contributed by atoms with E-state index >= 15 is 0 Å². The molecule has 7 heteroatoms. The number of aliphatic carboxylic acids is 1. The lowest BCUT2D eigenvalue weighted by Crippen LogP contribution is -2.37. The van der Waals surface area contributed by atoms with Gasteiger partial charge in [-0.3, -0.25) is 9.59 Å². The Bertz CT molecular complexity index is 288. The van der Waals surface area contributed by atoms with E-state index in [4.69, 9.17) is 5.11 Å². The van der Waals surface area contributed by atoms with Crippen LogP contribution in [0.4, 0.5) is 0 Å². The summed E-state index contributed by atoms with van der Waals surface area (Å²) in [6.45, 7) is 0. The number of ketones is 1. The maximum absolute atomic E-state index is 10.8. The summed E-state index contributed by atoms with van der Waals surface area (Å²) in [4.78, 5) is 31.0. The molecule has 0 aliphatic carbocycles. The quantitative estimate of drug-likeness (QED) is 0.393. The minimum atomic E-state index is -1.52. The summed E-state index contributed by atoms with van der Waals surface area (Å²) < 4.78 is 0. The Kier molecular flexibility index (Phi) is 2.91. The minimum absolute atomic E-state index is 0.0168. The van der Waals surface area contributed by atoms with Crippen LogP contribution in [-0.2, 0) is 14.4 Å². The molecular weight excluding hydrogens is 196 g/mol. The highest BCUT2D eigenvalue weighted by atomic mass is 32.2. The van der Waals surface area contributed by atoms with Crippen molar-refractivity contribution in [2.45, 2.75) is 5.50 Å². The molecule has 0 aromatic carbocycles. The maximum Gasteiger partial charge on any atom is 0.378 e. The van der Waals surface area contributed by atoms with Crippen molar-refractivity contribution in [2.75, 3.05) is 0 Å². The molecule has 0 radical (unpaired) electrons. The molecule has 1 amide bonds. The predicted octanol–water partition coefficient (Wildman–Crippen LogP) is -1.15. The van der Waals surface area contributed by atoms with Crippen molar-refractivity contribution in [3.63, 3.8) is 0 Å². The van der Waals surface area contributed by atoms with Crippen molar-refractivity contribution < 1.29 is 19.5 Å². The molecule has 6 nitrogen and oxygen atoms in total. The van der Waals surface area contributed by atoms with Gasteiger partial charge in [0.15, 0.2) is 5.50 Å². The number of thioether (sulfide) groups is 1. The van der Waals surface area contributed by atoms with Crippen LogP contribution in [0.1, 0.15) is 0 Å². The first-order chi connectivity index (χ1) is 6.15. The lowest BCUT2D eigenvalue weighted by molar-refractivity contribution is -0.147. The molecular formula is C6H6N2O4S. The molecule has 0 saturated heterocycles. The van der Waals surface area contributed by atoms with E-state index < -0.39 is 17.3 Å². The molecule has 0 saturated carbocycles. The van der Waals surface area contributed by atoms with Crippen LogP contribution in [0.5, 0.6) is 0 Å². The zero-order valence-electron chi connectivity index (χ0n) is 6.31. The average molecular weight is 202 g/mol. The van der Waals surface area contributed by atoms with Crippen LogP contribution in [0.15, 0.2) is 11.1 Å². The highest BCUT2D eigenvalue weighted by Crippen LogP contribution is 2.18. The summed E-state index contributed by atoms with van der Waals surface area (Å²) in [5, 5.41) is 14.6. The van der Waals surface area contributed by atoms with Gasteiger partial charge in [-0.25, -0.2) is 4.79 Å². The Morgan fingerprint density at radius 1 is 1.69 bits per heavy atom. The molecule has 0 aromatic heterocycles. The van der Waals surface area contributed by atoms with Crippen LogP contribution in [0.2, 0.25) is 0 Å². The van der Waals surface area contributed by atoms with E-state index in [-0.39, 0.29) is 5.70 Å². The first-order valence-corrected chi connectivity index (χ1v) is 4.19. The van der Waals surface area contributed by atoms with Crippen molar-refractivity contribution in [1.82, 2.24) is 10.6 Å². The molecule has 0 fully saturated rings. The van der Waals surface area contributed by atoms with Gasteiger partial charge in [0, 0.05) is 5.41 Å². The van der Waals surface area contributed by atoms with Crippen LogP contribution >= 0.6 is 11.8 Å². The number of carboxylic acids is 1. The average Bonchev–Trinajstić information content (AvgIpc) is 2.52. The Morgan fingerprint density at radius 2 is 2.38 bits per heavy atom. The molecule has 1 rings (SSSR count). The third-order valence-electron chi connectivity index (χ3n) is 1.27. The van der Waals surface area contributed by atoms with E-state index in [1.807, 2.05) is 0 Å². The molecule has 0 spiro atoms. The van der Waals surface area contributed by atoms with Crippen LogP contribution in [0.25, 0.3) is 0 Å². The van der Waals surface area contributed by atoms with E-state index in [1.54, 1.807) is 0 Å². The molecule has 1 aliphatic heterocycles. The predicted molar refractivity (Wildman–Crippen MR) is 44.4 cm³/mol. The Hall–Kier alpha value is -1.50. The lowest BCUT2D eigenvalue weighted by atomic mass is 10.3. The Morgan fingerprint density at radius 3 is 2.92 bits per heavy atom. The van der Waals surface area contributed by atoms with Gasteiger partial charge in [-0.05, 0) is 0 Å². The fourth-order valence-electron chi connectivity index (χ4n) is 0.722. The van der Waals surface area contributed by atoms with Crippen LogP contribution in [0.3, 0.4) is 0 Å². The normalized spacial score (nSPS) is 20.0. The third kappa shape index (κ3) is 2.22. The van der Waals surface area contributed by atoms with E-state index in [9.17, 15) is 14.4 Å². The monoisotopic (exact) mass is 202 g/mol. The zero-order valence-corrected chi connectivity index (χ0v) is 7.13. The second-order valence-corrected chi connectivity index (χ2v) is 3.09. The largest absolute Gasteiger partial charge is 0.475 e. The third-order valence-corrected chi connectivity index (χ3v) is 2.16. The van der Waals surface area contributed by atoms with Crippen LogP contribution < -0.4 is 10.6 Å². The van der Waals surface area contributed by atoms with Gasteiger partial charge in [-0.2, -0.15) is 0 Å². The second-order valence-electron chi connectivity index (χ2n) is 2.11. The first-order valence-electron chi connectivity index (χ1n) is 3.24. The van der Waals surface area contributed by atoms with E-state index in [2.05, 4.69) is 10.6 Å². The van der Waals surface area contributed by atoms with Gasteiger partial charge in [-0.1, -0.05) is 11.8 Å². The van der Waals surface area contributed by atoms with Gasteiger partial charge in [0.1, 0.15) is 0 Å². The number of amides is 1. The van der Waals surface area contributed by atoms with Gasteiger partial charge in [0.05, 0.1) is 5.70 Å². The van der Waals surface area contributed by atoms with Gasteiger partial charge in [0.25, 0.3) is 5.78 Å². The highest BCUT2D eigenvalue weighted by Gasteiger charge is 2.25. The van der Waals surface area contributed by atoms with Crippen molar-refractivity contribution in [1.29, 1.82) is 0 Å². The zero-order chi connectivity index (χ0) is 9.84. The summed E-state index contributed by atoms with van der Waals surface area (Å²) >= 11 is 1.12. The SMILES string of the molecule is O=CNC1NC(C(=O)C(=O)O)=CS1. The first kappa shape index (κ1) is 9.59. The summed E-state index contributed by atoms with van der Waals surface area (Å²) in [5.41, 5.74) is -0.479. The van der Waals surface area contributed by atoms with Gasteiger partial charge in [0.2, 0.25) is 6.41 Å². The van der Waals surface area contributed by atoms with Gasteiger partial charge in [-0.15, -0.1) is 0 Å². The summed E-state index contributed by atoms with van der Waals surface area (Å²) in [7, 11) is 0. The van der Waals surface area contributed by atoms with Crippen molar-refractivity contribution in [2.24, 2.45) is 0 Å². The maximum atomic E-state index is 10.8. The summed E-state index contributed by atoms with van der Waals surface area (Å²) in [6.07, 6.45) is 0.465. The number of hydrogen-bond donors (Lipinski definition) is 3. The molecule has 3 N–H and O–H groups in total. The molecule has 1 heterocycles. The standard InChI is InChI=1S/C6H6N2O4S/c9-2-7-6-8-3(1-13-6)4(10)5(11)12/h1-2,6,8H,(H,7,9)(H,11,12). The Balaban J connectivity index is 2.53. The number of carbonyl (C=O) groups excluding carboxylic acids is 2. The lowest BCUT2D eigenvalue weighted by Gasteiger charge is -2.08. The molecule has 0 aromatic rings. The van der Waals surface area contributed by atoms with Gasteiger partial charge < -0.3 is 15.7 Å². The molecule has 70 valence electrons. The van der Waals surface area contributed by atoms with Crippen molar-refractivity contribution >= 4 is 29.9 Å². The summed E-state index contributed by atoms with van der Waals surface area (Å²) in [6, 6.07) is 0. The number of carboxylic acid groups (broad SMARTS) is 1. The smallest absolute Gasteiger partial charge is 0.378 e. The fraction of sp³-hybridized carbons (Fsp3) is 0.167. The van der Waals surface area contributed by atoms with E-state index in [1.165, 1.54) is 5.41 Å². The molecule has 0 bridgehead atoms.